The summed E-state index contributed by atoms with van der Waals surface area (Å²) in [6.45, 7) is -0.0918. The molecule has 14 heavy (non-hydrogen) atoms. The first kappa shape index (κ1) is 9.68. The van der Waals surface area contributed by atoms with Gasteiger partial charge < -0.3 is 0 Å². The quantitative estimate of drug-likeness (QED) is 0.792. The number of thiophene rings is 1. The minimum absolute atomic E-state index is 0.305. The molecule has 0 aromatic carbocycles. The predicted molar refractivity (Wildman–Crippen MR) is 56.5 cm³/mol. The van der Waals surface area contributed by atoms with E-state index in [1.807, 2.05) is 18.3 Å². The Hall–Kier alpha value is -0.870. The van der Waals surface area contributed by atoms with E-state index in [1.165, 1.54) is 11.3 Å². The Labute approximate surface area is 89.9 Å². The van der Waals surface area contributed by atoms with Gasteiger partial charge in [-0.2, -0.15) is 5.10 Å². The molecule has 0 aliphatic heterocycles. The van der Waals surface area contributed by atoms with Gasteiger partial charge in [-0.1, -0.05) is 11.6 Å². The van der Waals surface area contributed by atoms with Crippen molar-refractivity contribution in [3.8, 4) is 10.4 Å². The Bertz CT molecular complexity index is 424. The normalized spacial score (nSPS) is 10.7. The van der Waals surface area contributed by atoms with Crippen LogP contribution in [0.5, 0.6) is 0 Å². The van der Waals surface area contributed by atoms with Gasteiger partial charge >= 0.3 is 0 Å². The van der Waals surface area contributed by atoms with Gasteiger partial charge in [0, 0.05) is 16.6 Å². The Balaban J connectivity index is 2.24. The molecule has 0 saturated heterocycles. The SMILES string of the molecule is FCCn1cc(-c2ccc(Cl)s2)cn1. The summed E-state index contributed by atoms with van der Waals surface area (Å²) in [5.41, 5.74) is 0.982. The number of halogens is 2. The molecule has 0 amide bonds. The number of hydrogen-bond acceptors (Lipinski definition) is 2. The van der Waals surface area contributed by atoms with Crippen LogP contribution in [0.2, 0.25) is 4.34 Å². The van der Waals surface area contributed by atoms with Crippen molar-refractivity contribution in [1.82, 2.24) is 9.78 Å². The fraction of sp³-hybridized carbons (Fsp3) is 0.222. The Morgan fingerprint density at radius 1 is 1.50 bits per heavy atom. The fourth-order valence-corrected chi connectivity index (χ4v) is 2.19. The molecule has 5 heteroatoms. The Morgan fingerprint density at radius 2 is 2.36 bits per heavy atom. The third-order valence-electron chi connectivity index (χ3n) is 1.80. The van der Waals surface area contributed by atoms with Gasteiger partial charge in [-0.05, 0) is 12.1 Å². The minimum Gasteiger partial charge on any atom is -0.269 e. The van der Waals surface area contributed by atoms with Crippen molar-refractivity contribution in [1.29, 1.82) is 0 Å². The van der Waals surface area contributed by atoms with Crippen LogP contribution in [-0.4, -0.2) is 16.5 Å². The van der Waals surface area contributed by atoms with Crippen LogP contribution in [-0.2, 0) is 6.54 Å². The summed E-state index contributed by atoms with van der Waals surface area (Å²) in [6, 6.07) is 3.78. The molecule has 0 unspecified atom stereocenters. The van der Waals surface area contributed by atoms with Gasteiger partial charge in [0.1, 0.15) is 6.67 Å². The molecule has 2 rings (SSSR count). The van der Waals surface area contributed by atoms with Gasteiger partial charge in [-0.25, -0.2) is 4.39 Å². The van der Waals surface area contributed by atoms with E-state index in [2.05, 4.69) is 5.10 Å². The second kappa shape index (κ2) is 4.11. The molecular formula is C9H8ClFN2S. The van der Waals surface area contributed by atoms with Gasteiger partial charge in [0.05, 0.1) is 17.1 Å². The van der Waals surface area contributed by atoms with Crippen LogP contribution in [0, 0.1) is 0 Å². The number of nitrogens with zero attached hydrogens (tertiary/aromatic N) is 2. The summed E-state index contributed by atoms with van der Waals surface area (Å²) in [7, 11) is 0. The van der Waals surface area contributed by atoms with Crippen molar-refractivity contribution in [2.75, 3.05) is 6.67 Å². The summed E-state index contributed by atoms with van der Waals surface area (Å²) in [5, 5.41) is 4.03. The molecule has 2 aromatic rings. The highest BCUT2D eigenvalue weighted by Gasteiger charge is 2.04. The first-order chi connectivity index (χ1) is 6.79. The summed E-state index contributed by atoms with van der Waals surface area (Å²) in [4.78, 5) is 1.06. The van der Waals surface area contributed by atoms with E-state index in [9.17, 15) is 4.39 Å². The lowest BCUT2D eigenvalue weighted by atomic mass is 10.3. The van der Waals surface area contributed by atoms with Gasteiger partial charge in [0.15, 0.2) is 0 Å². The third kappa shape index (κ3) is 1.96. The largest absolute Gasteiger partial charge is 0.269 e. The first-order valence-corrected chi connectivity index (χ1v) is 5.33. The Kier molecular flexibility index (Phi) is 2.84. The molecule has 0 atom stereocenters. The van der Waals surface area contributed by atoms with Crippen molar-refractivity contribution >= 4 is 22.9 Å². The average molecular weight is 231 g/mol. The molecule has 2 nitrogen and oxygen atoms in total. The van der Waals surface area contributed by atoms with Crippen molar-refractivity contribution in [2.45, 2.75) is 6.54 Å². The van der Waals surface area contributed by atoms with Crippen LogP contribution in [0.1, 0.15) is 0 Å². The summed E-state index contributed by atoms with van der Waals surface area (Å²) >= 11 is 7.30. The summed E-state index contributed by atoms with van der Waals surface area (Å²) < 4.78 is 14.3. The lowest BCUT2D eigenvalue weighted by Gasteiger charge is -1.92. The standard InChI is InChI=1S/C9H8ClFN2S/c10-9-2-1-8(14-9)7-5-12-13(6-7)4-3-11/h1-2,5-6H,3-4H2. The first-order valence-electron chi connectivity index (χ1n) is 4.14. The van der Waals surface area contributed by atoms with E-state index >= 15 is 0 Å². The van der Waals surface area contributed by atoms with Crippen molar-refractivity contribution in [3.05, 3.63) is 28.9 Å². The maximum Gasteiger partial charge on any atom is 0.109 e. The second-order valence-electron chi connectivity index (χ2n) is 2.78. The highest BCUT2D eigenvalue weighted by Crippen LogP contribution is 2.30. The van der Waals surface area contributed by atoms with Gasteiger partial charge in [0.25, 0.3) is 0 Å². The Morgan fingerprint density at radius 3 is 3.00 bits per heavy atom. The number of hydrogen-bond donors (Lipinski definition) is 0. The molecule has 0 N–H and O–H groups in total. The molecule has 2 aromatic heterocycles. The van der Waals surface area contributed by atoms with Crippen LogP contribution >= 0.6 is 22.9 Å². The lowest BCUT2D eigenvalue weighted by molar-refractivity contribution is 0.427. The average Bonchev–Trinajstić information content (AvgIpc) is 2.74. The summed E-state index contributed by atoms with van der Waals surface area (Å²) in [6.07, 6.45) is 3.54. The molecule has 2 heterocycles. The highest BCUT2D eigenvalue weighted by atomic mass is 35.5. The number of alkyl halides is 1. The minimum atomic E-state index is -0.397. The van der Waals surface area contributed by atoms with Crippen LogP contribution < -0.4 is 0 Å². The van der Waals surface area contributed by atoms with E-state index in [0.717, 1.165) is 14.8 Å². The van der Waals surface area contributed by atoms with Crippen molar-refractivity contribution < 1.29 is 4.39 Å². The van der Waals surface area contributed by atoms with Gasteiger partial charge in [-0.15, -0.1) is 11.3 Å². The lowest BCUT2D eigenvalue weighted by Crippen LogP contribution is -1.98. The zero-order valence-electron chi connectivity index (χ0n) is 7.28. The van der Waals surface area contributed by atoms with E-state index in [0.29, 0.717) is 6.54 Å². The molecule has 0 bridgehead atoms. The van der Waals surface area contributed by atoms with E-state index in [1.54, 1.807) is 10.9 Å². The third-order valence-corrected chi connectivity index (χ3v) is 3.08. The number of aryl methyl sites for hydroxylation is 1. The van der Waals surface area contributed by atoms with Crippen LogP contribution in [0.15, 0.2) is 24.5 Å². The molecule has 0 aliphatic carbocycles. The fourth-order valence-electron chi connectivity index (χ4n) is 1.17. The van der Waals surface area contributed by atoms with Crippen LogP contribution in [0.4, 0.5) is 4.39 Å². The van der Waals surface area contributed by atoms with Crippen molar-refractivity contribution in [3.63, 3.8) is 0 Å². The van der Waals surface area contributed by atoms with E-state index in [4.69, 9.17) is 11.6 Å². The molecule has 0 fully saturated rings. The molecule has 74 valence electrons. The second-order valence-corrected chi connectivity index (χ2v) is 4.50. The van der Waals surface area contributed by atoms with Crippen molar-refractivity contribution in [2.24, 2.45) is 0 Å². The number of aromatic nitrogens is 2. The topological polar surface area (TPSA) is 17.8 Å². The molecule has 0 saturated carbocycles. The van der Waals surface area contributed by atoms with E-state index in [-0.39, 0.29) is 0 Å². The maximum absolute atomic E-state index is 12.0. The van der Waals surface area contributed by atoms with Crippen LogP contribution in [0.25, 0.3) is 10.4 Å². The van der Waals surface area contributed by atoms with E-state index < -0.39 is 6.67 Å². The molecule has 0 spiro atoms. The highest BCUT2D eigenvalue weighted by molar-refractivity contribution is 7.19. The zero-order valence-corrected chi connectivity index (χ0v) is 8.85. The zero-order chi connectivity index (χ0) is 9.97. The summed E-state index contributed by atoms with van der Waals surface area (Å²) in [5.74, 6) is 0. The molecule has 0 aliphatic rings. The smallest absolute Gasteiger partial charge is 0.109 e. The number of rotatable bonds is 3. The monoisotopic (exact) mass is 230 g/mol. The van der Waals surface area contributed by atoms with Crippen LogP contribution in [0.3, 0.4) is 0 Å². The van der Waals surface area contributed by atoms with Gasteiger partial charge in [-0.3, -0.25) is 4.68 Å². The maximum atomic E-state index is 12.0. The molecular weight excluding hydrogens is 223 g/mol. The van der Waals surface area contributed by atoms with Gasteiger partial charge in [0.2, 0.25) is 0 Å². The predicted octanol–water partition coefficient (Wildman–Crippen LogP) is 3.23. The molecule has 0 radical (unpaired) electrons.